The number of hydrogen-bond acceptors (Lipinski definition) is 0. The summed E-state index contributed by atoms with van der Waals surface area (Å²) in [7, 11) is 0. The second-order valence-electron chi connectivity index (χ2n) is 2.30. The van der Waals surface area contributed by atoms with E-state index >= 15 is 0 Å². The van der Waals surface area contributed by atoms with Crippen LogP contribution in [-0.2, 0) is 22.5 Å². The third kappa shape index (κ3) is 4.20. The van der Waals surface area contributed by atoms with Crippen LogP contribution >= 0.6 is 25.2 Å². The fraction of sp³-hybridized carbons (Fsp3) is 0.125. The van der Waals surface area contributed by atoms with Gasteiger partial charge in [-0.2, -0.15) is 37.3 Å². The van der Waals surface area contributed by atoms with Crippen molar-refractivity contribution in [2.24, 2.45) is 0 Å². The molecular weight excluding hydrogens is 334 g/mol. The zero-order valence-corrected chi connectivity index (χ0v) is 12.3. The van der Waals surface area contributed by atoms with Gasteiger partial charge in [0.15, 0.2) is 0 Å². The third-order valence-electron chi connectivity index (χ3n) is 1.37. The summed E-state index contributed by atoms with van der Waals surface area (Å²) in [6.07, 6.45) is -4.32. The van der Waals surface area contributed by atoms with Crippen LogP contribution in [0.1, 0.15) is 11.1 Å². The molecule has 1 aromatic carbocycles. The molecule has 0 radical (unpaired) electrons. The van der Waals surface area contributed by atoms with E-state index in [9.17, 15) is 13.2 Å². The van der Waals surface area contributed by atoms with E-state index < -0.39 is 11.7 Å². The van der Waals surface area contributed by atoms with Crippen molar-refractivity contribution in [2.45, 2.75) is 6.18 Å². The zero-order chi connectivity index (χ0) is 11.4. The van der Waals surface area contributed by atoms with E-state index in [1.165, 1.54) is 22.4 Å². The van der Waals surface area contributed by atoms with Gasteiger partial charge in [-0.3, -0.25) is 0 Å². The zero-order valence-electron chi connectivity index (χ0n) is 7.04. The van der Waals surface area contributed by atoms with Crippen molar-refractivity contribution in [3.05, 3.63) is 41.3 Å². The molecule has 0 spiro atoms. The third-order valence-corrected chi connectivity index (χ3v) is 1.74. The summed E-state index contributed by atoms with van der Waals surface area (Å²) in [5.41, 5.74) is -0.539. The monoisotopic (exact) mass is 336 g/mol. The molecular formula is C8H5BrClF3Zn. The first-order valence-electron chi connectivity index (χ1n) is 3.36. The summed E-state index contributed by atoms with van der Waals surface area (Å²) in [5, 5.41) is 0.239. The Morgan fingerprint density at radius 2 is 1.79 bits per heavy atom. The van der Waals surface area contributed by atoms with Crippen LogP contribution in [0.25, 0.3) is 0 Å². The predicted octanol–water partition coefficient (Wildman–Crippen LogP) is 4.38. The molecule has 0 fully saturated rings. The quantitative estimate of drug-likeness (QED) is 0.486. The van der Waals surface area contributed by atoms with Gasteiger partial charge in [0.25, 0.3) is 0 Å². The molecule has 0 aliphatic rings. The van der Waals surface area contributed by atoms with Crippen molar-refractivity contribution < 1.29 is 29.5 Å². The Morgan fingerprint density at radius 3 is 2.14 bits per heavy atom. The molecule has 0 nitrogen and oxygen atoms in total. The van der Waals surface area contributed by atoms with E-state index in [4.69, 9.17) is 11.6 Å². The first-order chi connectivity index (χ1) is 6.41. The molecule has 0 aliphatic heterocycles. The van der Waals surface area contributed by atoms with Gasteiger partial charge in [0.05, 0.1) is 0 Å². The molecule has 0 amide bonds. The molecule has 0 N–H and O–H groups in total. The van der Waals surface area contributed by atoms with E-state index in [-0.39, 0.29) is 10.6 Å². The topological polar surface area (TPSA) is 0 Å². The number of alkyl halides is 3. The number of halogens is 5. The van der Waals surface area contributed by atoms with Crippen molar-refractivity contribution in [3.63, 3.8) is 0 Å². The van der Waals surface area contributed by atoms with Gasteiger partial charge in [0.2, 0.25) is 0 Å². The standard InChI is InChI=1S/C8H5ClF3.BrH.Zn/c1-5-4-6(8(10,11)12)2-3-7(5)9;;/h2-4H,1H2;1H;/q-1;;+2/p-1. The summed E-state index contributed by atoms with van der Waals surface area (Å²) < 4.78 is 36.1. The Bertz CT molecular complexity index is 301. The van der Waals surface area contributed by atoms with E-state index in [0.717, 1.165) is 12.1 Å². The van der Waals surface area contributed by atoms with Crippen LogP contribution in [0.4, 0.5) is 13.2 Å². The Labute approximate surface area is 102 Å². The van der Waals surface area contributed by atoms with Crippen molar-refractivity contribution in [1.29, 1.82) is 0 Å². The van der Waals surface area contributed by atoms with Gasteiger partial charge in [0, 0.05) is 0 Å². The van der Waals surface area contributed by atoms with E-state index in [0.29, 0.717) is 0 Å². The van der Waals surface area contributed by atoms with E-state index in [2.05, 4.69) is 20.5 Å². The van der Waals surface area contributed by atoms with Gasteiger partial charge >= 0.3 is 36.1 Å². The molecule has 0 atom stereocenters. The summed E-state index contributed by atoms with van der Waals surface area (Å²) >= 11 is 9.75. The van der Waals surface area contributed by atoms with Gasteiger partial charge in [0.1, 0.15) is 0 Å². The summed E-state index contributed by atoms with van der Waals surface area (Å²) in [6.45, 7) is 3.36. The second-order valence-corrected chi connectivity index (χ2v) is 2.71. The Kier molecular flexibility index (Phi) is 6.10. The van der Waals surface area contributed by atoms with Crippen LogP contribution in [-0.4, -0.2) is 0 Å². The maximum atomic E-state index is 12.0. The Hall–Kier alpha value is 0.273. The van der Waals surface area contributed by atoms with E-state index in [1.54, 1.807) is 0 Å². The van der Waals surface area contributed by atoms with E-state index in [1.807, 2.05) is 0 Å². The predicted molar refractivity (Wildman–Crippen MR) is 49.8 cm³/mol. The molecule has 1 aromatic rings. The van der Waals surface area contributed by atoms with Gasteiger partial charge < -0.3 is 0 Å². The molecule has 0 bridgehead atoms. The minimum absolute atomic E-state index is 0.187. The Morgan fingerprint density at radius 1 is 1.29 bits per heavy atom. The van der Waals surface area contributed by atoms with Crippen molar-refractivity contribution in [2.75, 3.05) is 0 Å². The van der Waals surface area contributed by atoms with Crippen LogP contribution in [0.5, 0.6) is 0 Å². The fourth-order valence-corrected chi connectivity index (χ4v) is 0.869. The molecule has 1 rings (SSSR count). The van der Waals surface area contributed by atoms with Crippen LogP contribution in [0.3, 0.4) is 0 Å². The fourth-order valence-electron chi connectivity index (χ4n) is 0.751. The van der Waals surface area contributed by atoms with Crippen molar-refractivity contribution in [1.82, 2.24) is 0 Å². The molecule has 14 heavy (non-hydrogen) atoms. The molecule has 0 aromatic heterocycles. The maximum absolute atomic E-state index is 12.0. The molecule has 0 saturated carbocycles. The SMILES string of the molecule is [CH2-]c1cc(C(F)(F)F)ccc1Cl.[Zn+][Br]. The molecule has 0 heterocycles. The second kappa shape index (κ2) is 5.99. The summed E-state index contributed by atoms with van der Waals surface area (Å²) in [5.74, 6) is 0. The van der Waals surface area contributed by atoms with Crippen LogP contribution < -0.4 is 0 Å². The average Bonchev–Trinajstić information content (AvgIpc) is 2.11. The van der Waals surface area contributed by atoms with Gasteiger partial charge in [-0.15, -0.1) is 6.07 Å². The van der Waals surface area contributed by atoms with Gasteiger partial charge in [-0.1, -0.05) is 17.2 Å². The van der Waals surface area contributed by atoms with Crippen LogP contribution in [0.2, 0.25) is 5.02 Å². The summed E-state index contributed by atoms with van der Waals surface area (Å²) in [6, 6.07) is 3.03. The van der Waals surface area contributed by atoms with Gasteiger partial charge in [-0.25, -0.2) is 0 Å². The van der Waals surface area contributed by atoms with Crippen molar-refractivity contribution >= 4 is 25.2 Å². The van der Waals surface area contributed by atoms with Crippen LogP contribution in [0, 0.1) is 6.92 Å². The first kappa shape index (κ1) is 14.3. The molecule has 74 valence electrons. The average molecular weight is 339 g/mol. The minimum atomic E-state index is -4.32. The number of rotatable bonds is 0. The Balaban J connectivity index is 0.000000791. The molecule has 0 aliphatic carbocycles. The molecule has 6 heteroatoms. The van der Waals surface area contributed by atoms with Crippen molar-refractivity contribution in [3.8, 4) is 0 Å². The normalized spacial score (nSPS) is 10.5. The first-order valence-corrected chi connectivity index (χ1v) is 10.7. The number of benzene rings is 1. The molecule has 0 unspecified atom stereocenters. The van der Waals surface area contributed by atoms with Crippen LogP contribution in [0.15, 0.2) is 18.2 Å². The van der Waals surface area contributed by atoms with Gasteiger partial charge in [-0.05, 0) is 5.56 Å². The number of hydrogen-bond donors (Lipinski definition) is 0. The molecule has 0 saturated heterocycles. The summed E-state index contributed by atoms with van der Waals surface area (Å²) in [4.78, 5) is 0.